The van der Waals surface area contributed by atoms with Crippen molar-refractivity contribution in [1.82, 2.24) is 0 Å². The van der Waals surface area contributed by atoms with Crippen molar-refractivity contribution < 1.29 is 27.9 Å². The average molecular weight is 308 g/mol. The second-order valence-corrected chi connectivity index (χ2v) is 4.65. The Hall–Kier alpha value is -0.990. The van der Waals surface area contributed by atoms with E-state index >= 15 is 0 Å². The molecule has 0 aliphatic rings. The number of halogens is 5. The fourth-order valence-corrected chi connectivity index (χ4v) is 2.18. The fraction of sp³-hybridized carbons (Fsp3) is 0.143. The van der Waals surface area contributed by atoms with Crippen LogP contribution < -0.4 is 5.32 Å². The number of hydrogen-bond acceptors (Lipinski definition) is 3. The summed E-state index contributed by atoms with van der Waals surface area (Å²) in [6, 6.07) is 0. The number of amides is 1. The summed E-state index contributed by atoms with van der Waals surface area (Å²) in [5, 5.41) is 9.61. The third kappa shape index (κ3) is 3.02. The maximum absolute atomic E-state index is 12.0. The van der Waals surface area contributed by atoms with Crippen molar-refractivity contribution in [2.24, 2.45) is 0 Å². The molecule has 94 valence electrons. The SMILES string of the molecule is O=C(O)c1sc(Cl)c(Cl)c1NC(=O)C(F)(F)F. The van der Waals surface area contributed by atoms with Crippen LogP contribution in [0.15, 0.2) is 0 Å². The van der Waals surface area contributed by atoms with E-state index in [0.717, 1.165) is 0 Å². The summed E-state index contributed by atoms with van der Waals surface area (Å²) in [4.78, 5) is 20.8. The van der Waals surface area contributed by atoms with Gasteiger partial charge in [0.2, 0.25) is 0 Å². The van der Waals surface area contributed by atoms with Crippen molar-refractivity contribution in [3.05, 3.63) is 14.2 Å². The van der Waals surface area contributed by atoms with Crippen LogP contribution in [0.3, 0.4) is 0 Å². The predicted octanol–water partition coefficient (Wildman–Crippen LogP) is 3.25. The van der Waals surface area contributed by atoms with E-state index in [2.05, 4.69) is 0 Å². The number of nitrogens with one attached hydrogen (secondary N) is 1. The Morgan fingerprint density at radius 2 is 1.82 bits per heavy atom. The van der Waals surface area contributed by atoms with Crippen molar-refractivity contribution in [2.75, 3.05) is 5.32 Å². The number of carboxylic acids is 1. The number of alkyl halides is 3. The molecule has 4 nitrogen and oxygen atoms in total. The molecule has 0 saturated heterocycles. The summed E-state index contributed by atoms with van der Waals surface area (Å²) in [5.41, 5.74) is -0.656. The van der Waals surface area contributed by atoms with E-state index < -0.39 is 33.6 Å². The van der Waals surface area contributed by atoms with Gasteiger partial charge in [-0.25, -0.2) is 4.79 Å². The lowest BCUT2D eigenvalue weighted by Crippen LogP contribution is -2.30. The van der Waals surface area contributed by atoms with Crippen molar-refractivity contribution in [1.29, 1.82) is 0 Å². The lowest BCUT2D eigenvalue weighted by molar-refractivity contribution is -0.167. The zero-order valence-corrected chi connectivity index (χ0v) is 9.89. The monoisotopic (exact) mass is 307 g/mol. The maximum atomic E-state index is 12.0. The summed E-state index contributed by atoms with van der Waals surface area (Å²) < 4.78 is 35.7. The van der Waals surface area contributed by atoms with Gasteiger partial charge in [0.25, 0.3) is 0 Å². The van der Waals surface area contributed by atoms with Crippen LogP contribution in [0.1, 0.15) is 9.67 Å². The standard InChI is InChI=1S/C7H2Cl2F3NO3S/c8-1-2(13-6(16)7(10,11)12)3(5(14)15)17-4(1)9/h(H,13,16)(H,14,15). The molecule has 1 aromatic heterocycles. The van der Waals surface area contributed by atoms with Gasteiger partial charge in [-0.15, -0.1) is 11.3 Å². The Kier molecular flexibility index (Phi) is 3.90. The molecule has 17 heavy (non-hydrogen) atoms. The van der Waals surface area contributed by atoms with E-state index in [4.69, 9.17) is 28.3 Å². The molecule has 1 aromatic rings. The highest BCUT2D eigenvalue weighted by Gasteiger charge is 2.40. The van der Waals surface area contributed by atoms with Gasteiger partial charge in [-0.1, -0.05) is 23.2 Å². The third-order valence-electron chi connectivity index (χ3n) is 1.50. The van der Waals surface area contributed by atoms with Crippen LogP contribution in [0.5, 0.6) is 0 Å². The highest BCUT2D eigenvalue weighted by atomic mass is 35.5. The molecule has 10 heteroatoms. The highest BCUT2D eigenvalue weighted by molar-refractivity contribution is 7.19. The Morgan fingerprint density at radius 1 is 1.29 bits per heavy atom. The lowest BCUT2D eigenvalue weighted by atomic mass is 10.3. The Morgan fingerprint density at radius 3 is 2.24 bits per heavy atom. The molecule has 0 unspecified atom stereocenters. The summed E-state index contributed by atoms with van der Waals surface area (Å²) in [7, 11) is 0. The molecule has 0 atom stereocenters. The van der Waals surface area contributed by atoms with E-state index in [1.54, 1.807) is 0 Å². The minimum atomic E-state index is -5.15. The molecule has 1 rings (SSSR count). The highest BCUT2D eigenvalue weighted by Crippen LogP contribution is 2.41. The summed E-state index contributed by atoms with van der Waals surface area (Å²) >= 11 is 11.4. The minimum Gasteiger partial charge on any atom is -0.477 e. The van der Waals surface area contributed by atoms with E-state index in [-0.39, 0.29) is 4.34 Å². The second kappa shape index (κ2) is 4.71. The van der Waals surface area contributed by atoms with E-state index in [1.165, 1.54) is 5.32 Å². The van der Waals surface area contributed by atoms with Crippen LogP contribution >= 0.6 is 34.5 Å². The average Bonchev–Trinajstić information content (AvgIpc) is 2.44. The largest absolute Gasteiger partial charge is 0.477 e. The molecule has 0 aliphatic heterocycles. The first-order valence-corrected chi connectivity index (χ1v) is 5.31. The molecule has 0 aromatic carbocycles. The van der Waals surface area contributed by atoms with Crippen LogP contribution in [0.2, 0.25) is 9.36 Å². The lowest BCUT2D eigenvalue weighted by Gasteiger charge is -2.07. The molecule has 0 spiro atoms. The molecule has 0 saturated carbocycles. The van der Waals surface area contributed by atoms with Gasteiger partial charge in [-0.2, -0.15) is 13.2 Å². The van der Waals surface area contributed by atoms with E-state index in [1.807, 2.05) is 0 Å². The first kappa shape index (κ1) is 14.1. The molecular formula is C7H2Cl2F3NO3S. The Bertz CT molecular complexity index is 485. The molecule has 0 aliphatic carbocycles. The summed E-state index contributed by atoms with van der Waals surface area (Å²) in [5.74, 6) is -3.86. The van der Waals surface area contributed by atoms with Gasteiger partial charge in [0.15, 0.2) is 0 Å². The zero-order valence-electron chi connectivity index (χ0n) is 7.56. The van der Waals surface area contributed by atoms with Crippen LogP contribution in [0.25, 0.3) is 0 Å². The first-order valence-electron chi connectivity index (χ1n) is 3.74. The van der Waals surface area contributed by atoms with Crippen molar-refractivity contribution in [3.8, 4) is 0 Å². The molecule has 2 N–H and O–H groups in total. The molecular weight excluding hydrogens is 306 g/mol. The number of carbonyl (C=O) groups is 2. The van der Waals surface area contributed by atoms with Crippen LogP contribution in [0, 0.1) is 0 Å². The predicted molar refractivity (Wildman–Crippen MR) is 56.0 cm³/mol. The number of aromatic carboxylic acids is 1. The zero-order chi connectivity index (χ0) is 13.4. The van der Waals surface area contributed by atoms with Gasteiger partial charge < -0.3 is 10.4 Å². The first-order chi connectivity index (χ1) is 7.64. The van der Waals surface area contributed by atoms with Gasteiger partial charge in [0.1, 0.15) is 9.21 Å². The maximum Gasteiger partial charge on any atom is 0.471 e. The van der Waals surface area contributed by atoms with Gasteiger partial charge in [0, 0.05) is 0 Å². The quantitative estimate of drug-likeness (QED) is 0.881. The summed E-state index contributed by atoms with van der Waals surface area (Å²) in [6.45, 7) is 0. The smallest absolute Gasteiger partial charge is 0.471 e. The topological polar surface area (TPSA) is 66.4 Å². The van der Waals surface area contributed by atoms with Gasteiger partial charge >= 0.3 is 18.1 Å². The molecule has 0 bridgehead atoms. The summed E-state index contributed by atoms with van der Waals surface area (Å²) in [6.07, 6.45) is -5.15. The normalized spacial score (nSPS) is 11.4. The van der Waals surface area contributed by atoms with E-state index in [0.29, 0.717) is 11.3 Å². The van der Waals surface area contributed by atoms with Crippen molar-refractivity contribution in [2.45, 2.75) is 6.18 Å². The van der Waals surface area contributed by atoms with Gasteiger partial charge in [-0.05, 0) is 0 Å². The van der Waals surface area contributed by atoms with Crippen LogP contribution in [0.4, 0.5) is 18.9 Å². The number of carboxylic acid groups (broad SMARTS) is 1. The molecule has 1 heterocycles. The van der Waals surface area contributed by atoms with Crippen LogP contribution in [-0.2, 0) is 4.79 Å². The molecule has 1 amide bonds. The number of thiophene rings is 1. The number of anilines is 1. The van der Waals surface area contributed by atoms with Crippen LogP contribution in [-0.4, -0.2) is 23.2 Å². The second-order valence-electron chi connectivity index (χ2n) is 2.65. The number of rotatable bonds is 2. The number of hydrogen-bond donors (Lipinski definition) is 2. The Balaban J connectivity index is 3.14. The molecule has 0 radical (unpaired) electrons. The Labute approximate surface area is 106 Å². The van der Waals surface area contributed by atoms with Crippen molar-refractivity contribution in [3.63, 3.8) is 0 Å². The van der Waals surface area contributed by atoms with Crippen molar-refractivity contribution >= 4 is 52.1 Å². The third-order valence-corrected chi connectivity index (χ3v) is 3.47. The minimum absolute atomic E-state index is 0.221. The van der Waals surface area contributed by atoms with Gasteiger partial charge in [-0.3, -0.25) is 4.79 Å². The fourth-order valence-electron chi connectivity index (χ4n) is 0.830. The molecule has 0 fully saturated rings. The van der Waals surface area contributed by atoms with Gasteiger partial charge in [0.05, 0.1) is 10.7 Å². The van der Waals surface area contributed by atoms with E-state index in [9.17, 15) is 22.8 Å². The number of carbonyl (C=O) groups excluding carboxylic acids is 1.